The molecule has 30 heavy (non-hydrogen) atoms. The van der Waals surface area contributed by atoms with Crippen LogP contribution in [0.5, 0.6) is 5.75 Å². The summed E-state index contributed by atoms with van der Waals surface area (Å²) in [5.74, 6) is 1.76. The lowest BCUT2D eigenvalue weighted by Gasteiger charge is -2.27. The highest BCUT2D eigenvalue weighted by Gasteiger charge is 2.21. The molecule has 1 aliphatic heterocycles. The molecule has 164 valence electrons. The molecule has 0 radical (unpaired) electrons. The number of carbonyl (C=O) groups excluding carboxylic acids is 1. The SMILES string of the molecule is CCNC(=NCc1ccccc1OCC)NCCC(=O)N1CCc2sccc2C1.I. The third-order valence-corrected chi connectivity index (χ3v) is 5.84. The summed E-state index contributed by atoms with van der Waals surface area (Å²) < 4.78 is 5.67. The molecule has 0 unspecified atom stereocenters. The summed E-state index contributed by atoms with van der Waals surface area (Å²) in [6.07, 6.45) is 1.43. The summed E-state index contributed by atoms with van der Waals surface area (Å²) in [6, 6.07) is 10.1. The number of nitrogens with one attached hydrogen (secondary N) is 2. The number of guanidine groups is 1. The molecule has 2 heterocycles. The van der Waals surface area contributed by atoms with Crippen LogP contribution in [0.2, 0.25) is 0 Å². The van der Waals surface area contributed by atoms with Gasteiger partial charge in [-0.3, -0.25) is 4.79 Å². The van der Waals surface area contributed by atoms with E-state index >= 15 is 0 Å². The fourth-order valence-electron chi connectivity index (χ4n) is 3.34. The van der Waals surface area contributed by atoms with E-state index in [1.807, 2.05) is 43.0 Å². The fourth-order valence-corrected chi connectivity index (χ4v) is 4.23. The maximum atomic E-state index is 12.6. The van der Waals surface area contributed by atoms with E-state index in [-0.39, 0.29) is 29.9 Å². The average molecular weight is 542 g/mol. The lowest BCUT2D eigenvalue weighted by atomic mass is 10.1. The Balaban J connectivity index is 0.00000320. The van der Waals surface area contributed by atoms with Crippen LogP contribution < -0.4 is 15.4 Å². The number of amides is 1. The number of thiophene rings is 1. The lowest BCUT2D eigenvalue weighted by Crippen LogP contribution is -2.41. The summed E-state index contributed by atoms with van der Waals surface area (Å²) in [4.78, 5) is 20.6. The second-order valence-electron chi connectivity index (χ2n) is 6.85. The predicted molar refractivity (Wildman–Crippen MR) is 134 cm³/mol. The number of hydrogen-bond donors (Lipinski definition) is 2. The highest BCUT2D eigenvalue weighted by atomic mass is 127. The number of halogens is 1. The van der Waals surface area contributed by atoms with Gasteiger partial charge >= 0.3 is 0 Å². The standard InChI is InChI=1S/C22H30N4O2S.HI/c1-3-23-22(25-15-17-7-5-6-8-19(17)28-4-2)24-12-9-21(27)26-13-10-20-18(16-26)11-14-29-20;/h5-8,11,14H,3-4,9-10,12-13,15-16H2,1-2H3,(H2,23,24,25);1H. The summed E-state index contributed by atoms with van der Waals surface area (Å²) in [7, 11) is 0. The predicted octanol–water partition coefficient (Wildman–Crippen LogP) is 3.79. The molecule has 0 aliphatic carbocycles. The molecular weight excluding hydrogens is 511 g/mol. The first kappa shape index (κ1) is 24.5. The fraction of sp³-hybridized carbons (Fsp3) is 0.455. The van der Waals surface area contributed by atoms with Crippen molar-refractivity contribution in [2.75, 3.05) is 26.2 Å². The Labute approximate surface area is 200 Å². The quantitative estimate of drug-likeness (QED) is 0.303. The van der Waals surface area contributed by atoms with Crippen molar-refractivity contribution in [3.05, 3.63) is 51.7 Å². The number of para-hydroxylation sites is 1. The third kappa shape index (κ3) is 6.87. The monoisotopic (exact) mass is 542 g/mol. The number of benzene rings is 1. The van der Waals surface area contributed by atoms with E-state index in [1.54, 1.807) is 11.3 Å². The first-order valence-electron chi connectivity index (χ1n) is 10.3. The van der Waals surface area contributed by atoms with Crippen LogP contribution in [-0.2, 0) is 24.3 Å². The summed E-state index contributed by atoms with van der Waals surface area (Å²) >= 11 is 1.79. The first-order chi connectivity index (χ1) is 14.2. The van der Waals surface area contributed by atoms with Crippen molar-refractivity contribution in [1.29, 1.82) is 0 Å². The zero-order chi connectivity index (χ0) is 20.5. The first-order valence-corrected chi connectivity index (χ1v) is 11.1. The van der Waals surface area contributed by atoms with Crippen LogP contribution in [0.4, 0.5) is 0 Å². The highest BCUT2D eigenvalue weighted by molar-refractivity contribution is 14.0. The van der Waals surface area contributed by atoms with Crippen LogP contribution in [0.3, 0.4) is 0 Å². The number of hydrogen-bond acceptors (Lipinski definition) is 4. The number of rotatable bonds is 8. The van der Waals surface area contributed by atoms with Gasteiger partial charge in [0.1, 0.15) is 5.75 Å². The van der Waals surface area contributed by atoms with Gasteiger partial charge in [0.25, 0.3) is 0 Å². The second kappa shape index (κ2) is 12.8. The maximum absolute atomic E-state index is 12.6. The number of fused-ring (bicyclic) bond motifs is 1. The van der Waals surface area contributed by atoms with Gasteiger partial charge in [-0.1, -0.05) is 18.2 Å². The zero-order valence-corrected chi connectivity index (χ0v) is 20.8. The highest BCUT2D eigenvalue weighted by Crippen LogP contribution is 2.24. The third-order valence-electron chi connectivity index (χ3n) is 4.82. The molecule has 0 saturated carbocycles. The van der Waals surface area contributed by atoms with Gasteiger partial charge in [0.15, 0.2) is 5.96 Å². The van der Waals surface area contributed by atoms with E-state index < -0.39 is 0 Å². The summed E-state index contributed by atoms with van der Waals surface area (Å²) in [6.45, 7) is 8.03. The minimum absolute atomic E-state index is 0. The normalized spacial score (nSPS) is 13.3. The van der Waals surface area contributed by atoms with Gasteiger partial charge in [0.2, 0.25) is 5.91 Å². The number of carbonyl (C=O) groups is 1. The number of ether oxygens (including phenoxy) is 1. The lowest BCUT2D eigenvalue weighted by molar-refractivity contribution is -0.131. The van der Waals surface area contributed by atoms with Crippen LogP contribution in [0.1, 0.15) is 36.3 Å². The van der Waals surface area contributed by atoms with Crippen molar-refractivity contribution in [3.8, 4) is 5.75 Å². The van der Waals surface area contributed by atoms with E-state index in [0.29, 0.717) is 32.1 Å². The Kier molecular flexibility index (Phi) is 10.4. The van der Waals surface area contributed by atoms with Crippen LogP contribution in [0, 0.1) is 0 Å². The summed E-state index contributed by atoms with van der Waals surface area (Å²) in [5, 5.41) is 8.63. The summed E-state index contributed by atoms with van der Waals surface area (Å²) in [5.41, 5.74) is 2.34. The molecule has 0 atom stereocenters. The van der Waals surface area contributed by atoms with E-state index in [1.165, 1.54) is 10.4 Å². The largest absolute Gasteiger partial charge is 0.494 e. The van der Waals surface area contributed by atoms with Crippen molar-refractivity contribution >= 4 is 47.2 Å². The van der Waals surface area contributed by atoms with Gasteiger partial charge in [-0.15, -0.1) is 35.3 Å². The molecule has 1 aliphatic rings. The number of nitrogens with zero attached hydrogens (tertiary/aromatic N) is 2. The van der Waals surface area contributed by atoms with Gasteiger partial charge in [-0.2, -0.15) is 0 Å². The van der Waals surface area contributed by atoms with E-state index in [9.17, 15) is 4.79 Å². The molecule has 6 nitrogen and oxygen atoms in total. The van der Waals surface area contributed by atoms with Crippen LogP contribution in [-0.4, -0.2) is 43.0 Å². The molecule has 2 aromatic rings. The van der Waals surface area contributed by atoms with Crippen molar-refractivity contribution in [1.82, 2.24) is 15.5 Å². The van der Waals surface area contributed by atoms with Gasteiger partial charge in [0.05, 0.1) is 13.2 Å². The molecule has 0 spiro atoms. The van der Waals surface area contributed by atoms with Crippen molar-refractivity contribution in [2.24, 2.45) is 4.99 Å². The minimum atomic E-state index is 0. The molecule has 1 aromatic carbocycles. The van der Waals surface area contributed by atoms with Gasteiger partial charge in [-0.25, -0.2) is 4.99 Å². The molecule has 0 bridgehead atoms. The van der Waals surface area contributed by atoms with Crippen molar-refractivity contribution < 1.29 is 9.53 Å². The van der Waals surface area contributed by atoms with Crippen LogP contribution in [0.15, 0.2) is 40.7 Å². The molecule has 8 heteroatoms. The Morgan fingerprint density at radius 3 is 2.87 bits per heavy atom. The van der Waals surface area contributed by atoms with Crippen LogP contribution in [0.25, 0.3) is 0 Å². The van der Waals surface area contributed by atoms with Gasteiger partial charge < -0.3 is 20.3 Å². The number of aliphatic imine (C=N–C) groups is 1. The van der Waals surface area contributed by atoms with Gasteiger partial charge in [-0.05, 0) is 43.3 Å². The smallest absolute Gasteiger partial charge is 0.224 e. The Hall–Kier alpha value is -1.81. The maximum Gasteiger partial charge on any atom is 0.224 e. The molecule has 3 rings (SSSR count). The van der Waals surface area contributed by atoms with E-state index in [2.05, 4.69) is 27.1 Å². The molecule has 1 aromatic heterocycles. The van der Waals surface area contributed by atoms with E-state index in [4.69, 9.17) is 4.74 Å². The molecule has 1 amide bonds. The molecule has 0 saturated heterocycles. The average Bonchev–Trinajstić information content (AvgIpc) is 3.21. The van der Waals surface area contributed by atoms with Gasteiger partial charge in [0, 0.05) is 43.0 Å². The van der Waals surface area contributed by atoms with E-state index in [0.717, 1.165) is 37.4 Å². The Morgan fingerprint density at radius 1 is 1.23 bits per heavy atom. The minimum Gasteiger partial charge on any atom is -0.494 e. The molecular formula is C22H31IN4O2S. The Morgan fingerprint density at radius 2 is 2.07 bits per heavy atom. The second-order valence-corrected chi connectivity index (χ2v) is 7.85. The molecule has 0 fully saturated rings. The topological polar surface area (TPSA) is 66.0 Å². The molecule has 2 N–H and O–H groups in total. The van der Waals surface area contributed by atoms with Crippen LogP contribution >= 0.6 is 35.3 Å². The van der Waals surface area contributed by atoms with Crippen molar-refractivity contribution in [2.45, 2.75) is 39.8 Å². The zero-order valence-electron chi connectivity index (χ0n) is 17.6. The Bertz CT molecular complexity index is 840. The van der Waals surface area contributed by atoms with Crippen molar-refractivity contribution in [3.63, 3.8) is 0 Å².